The Morgan fingerprint density at radius 3 is 2.15 bits per heavy atom. The molecule has 1 aromatic heterocycles. The molecule has 2 aromatic rings. The average molecular weight is 544 g/mol. The molecule has 1 heterocycles. The van der Waals surface area contributed by atoms with Crippen LogP contribution >= 0.6 is 0 Å². The summed E-state index contributed by atoms with van der Waals surface area (Å²) in [4.78, 5) is 58.0. The minimum Gasteiger partial charge on any atom is -0.480 e. The van der Waals surface area contributed by atoms with Gasteiger partial charge in [0.05, 0.1) is 12.4 Å². The van der Waals surface area contributed by atoms with Crippen molar-refractivity contribution < 1.29 is 24.3 Å². The number of carbonyl (C=O) groups excluding carboxylic acids is 3. The standard InChI is InChI=1S/C27H41N7O5/c1-17(2)12-23(27(38)39)34-25(36)21(10-6-7-11-28)32-26(37)22(14-19-15-30-16-31-19)33-24(35)20(29)13-18-8-4-3-5-9-18/h3-5,8-9,15-17,20-23H,6-7,10-14,28-29H2,1-2H3,(H,30,31)(H,32,37)(H,33,35)(H,34,36)(H,38,39). The fourth-order valence-electron chi connectivity index (χ4n) is 4.06. The van der Waals surface area contributed by atoms with E-state index in [0.717, 1.165) is 5.56 Å². The lowest BCUT2D eigenvalue weighted by Crippen LogP contribution is -2.57. The second kappa shape index (κ2) is 16.2. The van der Waals surface area contributed by atoms with Crippen LogP contribution in [0.4, 0.5) is 0 Å². The molecule has 0 radical (unpaired) electrons. The van der Waals surface area contributed by atoms with Gasteiger partial charge in [0, 0.05) is 18.3 Å². The summed E-state index contributed by atoms with van der Waals surface area (Å²) in [6, 6.07) is 5.20. The summed E-state index contributed by atoms with van der Waals surface area (Å²) >= 11 is 0. The first-order chi connectivity index (χ1) is 18.6. The minimum atomic E-state index is -1.15. The molecule has 0 aliphatic rings. The predicted octanol–water partition coefficient (Wildman–Crippen LogP) is 0.236. The minimum absolute atomic E-state index is 0.0331. The zero-order valence-corrected chi connectivity index (χ0v) is 22.6. The molecule has 0 aliphatic heterocycles. The third kappa shape index (κ3) is 11.2. The summed E-state index contributed by atoms with van der Waals surface area (Å²) in [5.41, 5.74) is 13.2. The predicted molar refractivity (Wildman–Crippen MR) is 146 cm³/mol. The van der Waals surface area contributed by atoms with Crippen LogP contribution < -0.4 is 27.4 Å². The number of rotatable bonds is 17. The normalized spacial score (nSPS) is 14.2. The van der Waals surface area contributed by atoms with Gasteiger partial charge in [-0.25, -0.2) is 9.78 Å². The summed E-state index contributed by atoms with van der Waals surface area (Å²) in [5, 5.41) is 17.5. The summed E-state index contributed by atoms with van der Waals surface area (Å²) in [7, 11) is 0. The van der Waals surface area contributed by atoms with Crippen LogP contribution in [0.1, 0.15) is 50.8 Å². The van der Waals surface area contributed by atoms with E-state index in [2.05, 4.69) is 25.9 Å². The summed E-state index contributed by atoms with van der Waals surface area (Å²) in [5.74, 6) is -2.86. The lowest BCUT2D eigenvalue weighted by Gasteiger charge is -2.25. The molecule has 39 heavy (non-hydrogen) atoms. The van der Waals surface area contributed by atoms with Gasteiger partial charge in [-0.1, -0.05) is 44.2 Å². The SMILES string of the molecule is CC(C)CC(NC(=O)C(CCCCN)NC(=O)C(Cc1cnc[nH]1)NC(=O)C(N)Cc1ccccc1)C(=O)O. The number of benzene rings is 1. The first kappa shape index (κ1) is 31.4. The van der Waals surface area contributed by atoms with Gasteiger partial charge in [0.15, 0.2) is 0 Å². The molecule has 4 unspecified atom stereocenters. The van der Waals surface area contributed by atoms with Gasteiger partial charge in [0.25, 0.3) is 0 Å². The highest BCUT2D eigenvalue weighted by Crippen LogP contribution is 2.09. The number of nitrogens with one attached hydrogen (secondary N) is 4. The molecule has 3 amide bonds. The number of amides is 3. The zero-order chi connectivity index (χ0) is 28.8. The van der Waals surface area contributed by atoms with E-state index in [0.29, 0.717) is 25.1 Å². The number of hydrogen-bond acceptors (Lipinski definition) is 7. The maximum atomic E-state index is 13.4. The van der Waals surface area contributed by atoms with E-state index in [9.17, 15) is 24.3 Å². The van der Waals surface area contributed by atoms with Crippen LogP contribution in [0.25, 0.3) is 0 Å². The average Bonchev–Trinajstić information content (AvgIpc) is 3.40. The molecule has 214 valence electrons. The number of aliphatic carboxylic acids is 1. The first-order valence-corrected chi connectivity index (χ1v) is 13.2. The number of carbonyl (C=O) groups is 4. The molecule has 0 aliphatic carbocycles. The number of hydrogen-bond donors (Lipinski definition) is 7. The Balaban J connectivity index is 2.17. The van der Waals surface area contributed by atoms with E-state index in [1.165, 1.54) is 12.5 Å². The molecule has 12 nitrogen and oxygen atoms in total. The molecular weight excluding hydrogens is 502 g/mol. The largest absolute Gasteiger partial charge is 0.480 e. The summed E-state index contributed by atoms with van der Waals surface area (Å²) in [6.45, 7) is 4.12. The Morgan fingerprint density at radius 1 is 0.923 bits per heavy atom. The Labute approximate surface area is 228 Å². The topological polar surface area (TPSA) is 205 Å². The summed E-state index contributed by atoms with van der Waals surface area (Å²) in [6.07, 6.45) is 5.00. The van der Waals surface area contributed by atoms with Crippen LogP contribution in [0.2, 0.25) is 0 Å². The van der Waals surface area contributed by atoms with Crippen LogP contribution in [0, 0.1) is 5.92 Å². The third-order valence-corrected chi connectivity index (χ3v) is 6.15. The van der Waals surface area contributed by atoms with Crippen molar-refractivity contribution >= 4 is 23.7 Å². The molecule has 9 N–H and O–H groups in total. The van der Waals surface area contributed by atoms with E-state index >= 15 is 0 Å². The quantitative estimate of drug-likeness (QED) is 0.137. The lowest BCUT2D eigenvalue weighted by molar-refractivity contribution is -0.142. The molecular formula is C27H41N7O5. The Bertz CT molecular complexity index is 1050. The van der Waals surface area contributed by atoms with Crippen molar-refractivity contribution in [2.75, 3.05) is 6.54 Å². The van der Waals surface area contributed by atoms with Crippen molar-refractivity contribution in [3.63, 3.8) is 0 Å². The van der Waals surface area contributed by atoms with Gasteiger partial charge in [-0.2, -0.15) is 0 Å². The van der Waals surface area contributed by atoms with Gasteiger partial charge >= 0.3 is 5.97 Å². The van der Waals surface area contributed by atoms with Crippen molar-refractivity contribution in [1.82, 2.24) is 25.9 Å². The Kier molecular flexibility index (Phi) is 13.1. The van der Waals surface area contributed by atoms with Crippen molar-refractivity contribution in [3.8, 4) is 0 Å². The number of nitrogens with zero attached hydrogens (tertiary/aromatic N) is 1. The fourth-order valence-corrected chi connectivity index (χ4v) is 4.06. The number of carboxylic acid groups (broad SMARTS) is 1. The van der Waals surface area contributed by atoms with Crippen LogP contribution in [0.15, 0.2) is 42.9 Å². The van der Waals surface area contributed by atoms with Gasteiger partial charge < -0.3 is 37.5 Å². The maximum Gasteiger partial charge on any atom is 0.326 e. The van der Waals surface area contributed by atoms with E-state index < -0.39 is 47.9 Å². The molecule has 4 atom stereocenters. The summed E-state index contributed by atoms with van der Waals surface area (Å²) < 4.78 is 0. The molecule has 1 aromatic carbocycles. The highest BCUT2D eigenvalue weighted by atomic mass is 16.4. The van der Waals surface area contributed by atoms with Crippen LogP contribution in [-0.4, -0.2) is 69.5 Å². The molecule has 0 saturated carbocycles. The van der Waals surface area contributed by atoms with E-state index in [1.54, 1.807) is 0 Å². The monoisotopic (exact) mass is 543 g/mol. The van der Waals surface area contributed by atoms with Gasteiger partial charge in [0.1, 0.15) is 18.1 Å². The third-order valence-electron chi connectivity index (χ3n) is 6.15. The van der Waals surface area contributed by atoms with Gasteiger partial charge in [-0.05, 0) is 50.1 Å². The van der Waals surface area contributed by atoms with Crippen molar-refractivity contribution in [3.05, 3.63) is 54.1 Å². The van der Waals surface area contributed by atoms with Crippen LogP contribution in [-0.2, 0) is 32.0 Å². The lowest BCUT2D eigenvalue weighted by atomic mass is 10.0. The number of imidazole rings is 1. The molecule has 12 heteroatoms. The second-order valence-electron chi connectivity index (χ2n) is 10.0. The molecule has 2 rings (SSSR count). The van der Waals surface area contributed by atoms with Gasteiger partial charge in [-0.3, -0.25) is 14.4 Å². The molecule has 0 saturated heterocycles. The van der Waals surface area contributed by atoms with Crippen molar-refractivity contribution in [2.45, 2.75) is 76.5 Å². The van der Waals surface area contributed by atoms with E-state index in [1.807, 2.05) is 44.2 Å². The number of aromatic amines is 1. The first-order valence-electron chi connectivity index (χ1n) is 13.2. The number of nitrogens with two attached hydrogens (primary N) is 2. The van der Waals surface area contributed by atoms with Crippen molar-refractivity contribution in [2.24, 2.45) is 17.4 Å². The molecule has 0 bridgehead atoms. The highest BCUT2D eigenvalue weighted by molar-refractivity contribution is 5.94. The van der Waals surface area contributed by atoms with E-state index in [4.69, 9.17) is 11.5 Å². The number of unbranched alkanes of at least 4 members (excludes halogenated alkanes) is 1. The number of H-pyrrole nitrogens is 1. The maximum absolute atomic E-state index is 13.4. The fraction of sp³-hybridized carbons (Fsp3) is 0.519. The smallest absolute Gasteiger partial charge is 0.326 e. The number of aromatic nitrogens is 2. The van der Waals surface area contributed by atoms with Gasteiger partial charge in [0.2, 0.25) is 17.7 Å². The van der Waals surface area contributed by atoms with Gasteiger partial charge in [-0.15, -0.1) is 0 Å². The zero-order valence-electron chi connectivity index (χ0n) is 22.6. The molecule has 0 spiro atoms. The van der Waals surface area contributed by atoms with Crippen LogP contribution in [0.5, 0.6) is 0 Å². The Hall–Kier alpha value is -3.77. The highest BCUT2D eigenvalue weighted by Gasteiger charge is 2.30. The van der Waals surface area contributed by atoms with Crippen molar-refractivity contribution in [1.29, 1.82) is 0 Å². The van der Waals surface area contributed by atoms with E-state index in [-0.39, 0.29) is 31.6 Å². The van der Waals surface area contributed by atoms with Crippen LogP contribution in [0.3, 0.4) is 0 Å². The Morgan fingerprint density at radius 2 is 1.56 bits per heavy atom. The molecule has 0 fully saturated rings. The second-order valence-corrected chi connectivity index (χ2v) is 10.0. The number of carboxylic acids is 1.